The smallest absolute Gasteiger partial charge is 0.255 e. The van der Waals surface area contributed by atoms with Gasteiger partial charge in [0.2, 0.25) is 0 Å². The van der Waals surface area contributed by atoms with Gasteiger partial charge in [0.25, 0.3) is 5.91 Å². The summed E-state index contributed by atoms with van der Waals surface area (Å²) in [5.41, 5.74) is 5.95. The van der Waals surface area contributed by atoms with Crippen molar-refractivity contribution >= 4 is 11.7 Å². The van der Waals surface area contributed by atoms with E-state index in [0.29, 0.717) is 17.9 Å². The van der Waals surface area contributed by atoms with Crippen molar-refractivity contribution < 1.29 is 4.79 Å². The lowest BCUT2D eigenvalue weighted by molar-refractivity contribution is 0.0950. The molecule has 0 saturated carbocycles. The number of hydrogen-bond acceptors (Lipinski definition) is 5. The average molecular weight is 232 g/mol. The lowest BCUT2D eigenvalue weighted by atomic mass is 10.2. The number of nitrogens with one attached hydrogen (secondary N) is 1. The van der Waals surface area contributed by atoms with E-state index >= 15 is 0 Å². The average Bonchev–Trinajstić information content (AvgIpc) is 2.72. The van der Waals surface area contributed by atoms with E-state index in [4.69, 9.17) is 5.73 Å². The minimum atomic E-state index is -0.279. The Morgan fingerprint density at radius 3 is 3.06 bits per heavy atom. The predicted octanol–water partition coefficient (Wildman–Crippen LogP) is -0.278. The Morgan fingerprint density at radius 2 is 2.41 bits per heavy atom. The summed E-state index contributed by atoms with van der Waals surface area (Å²) < 4.78 is 1.73. The third kappa shape index (κ3) is 2.39. The molecule has 7 heteroatoms. The summed E-state index contributed by atoms with van der Waals surface area (Å²) in [6, 6.07) is 3.28. The molecule has 88 valence electrons. The van der Waals surface area contributed by atoms with Crippen LogP contribution in [-0.2, 0) is 13.6 Å². The second-order valence-electron chi connectivity index (χ2n) is 3.48. The molecule has 0 unspecified atom stereocenters. The highest BCUT2D eigenvalue weighted by molar-refractivity contribution is 5.98. The van der Waals surface area contributed by atoms with Crippen LogP contribution >= 0.6 is 0 Å². The molecule has 2 rings (SSSR count). The van der Waals surface area contributed by atoms with Crippen molar-refractivity contribution in [1.82, 2.24) is 25.1 Å². The van der Waals surface area contributed by atoms with Gasteiger partial charge in [-0.1, -0.05) is 0 Å². The van der Waals surface area contributed by atoms with E-state index in [0.717, 1.165) is 0 Å². The zero-order valence-corrected chi connectivity index (χ0v) is 9.29. The summed E-state index contributed by atoms with van der Waals surface area (Å²) in [5, 5.41) is 10.3. The Kier molecular flexibility index (Phi) is 2.99. The molecular weight excluding hydrogens is 220 g/mol. The molecule has 0 aliphatic rings. The van der Waals surface area contributed by atoms with Gasteiger partial charge in [0.15, 0.2) is 5.82 Å². The van der Waals surface area contributed by atoms with Crippen molar-refractivity contribution in [2.45, 2.75) is 6.54 Å². The highest BCUT2D eigenvalue weighted by atomic mass is 16.1. The van der Waals surface area contributed by atoms with Crippen LogP contribution in [0.3, 0.4) is 0 Å². The fourth-order valence-corrected chi connectivity index (χ4v) is 1.33. The van der Waals surface area contributed by atoms with E-state index in [1.165, 1.54) is 6.20 Å². The van der Waals surface area contributed by atoms with Crippen molar-refractivity contribution in [3.05, 3.63) is 36.0 Å². The topological polar surface area (TPSA) is 98.7 Å². The number of carbonyl (C=O) groups is 1. The number of amides is 1. The Labute approximate surface area is 97.7 Å². The molecule has 2 aromatic heterocycles. The summed E-state index contributed by atoms with van der Waals surface area (Å²) in [6.07, 6.45) is 3.11. The number of aryl methyl sites for hydroxylation is 1. The Bertz CT molecular complexity index is 535. The van der Waals surface area contributed by atoms with Gasteiger partial charge < -0.3 is 15.6 Å². The molecule has 0 aliphatic heterocycles. The molecule has 2 heterocycles. The number of pyridine rings is 1. The third-order valence-corrected chi connectivity index (χ3v) is 2.30. The predicted molar refractivity (Wildman–Crippen MR) is 60.8 cm³/mol. The van der Waals surface area contributed by atoms with E-state index in [1.807, 2.05) is 0 Å². The van der Waals surface area contributed by atoms with Crippen LogP contribution in [0.15, 0.2) is 24.7 Å². The quantitative estimate of drug-likeness (QED) is 0.758. The Morgan fingerprint density at radius 1 is 1.59 bits per heavy atom. The second kappa shape index (κ2) is 4.60. The summed E-state index contributed by atoms with van der Waals surface area (Å²) in [4.78, 5) is 15.6. The van der Waals surface area contributed by atoms with Gasteiger partial charge in [0, 0.05) is 13.2 Å². The maximum absolute atomic E-state index is 11.8. The van der Waals surface area contributed by atoms with Gasteiger partial charge in [-0.25, -0.2) is 4.98 Å². The first kappa shape index (κ1) is 11.1. The number of hydrogen-bond donors (Lipinski definition) is 2. The molecular formula is C10H12N6O. The van der Waals surface area contributed by atoms with Gasteiger partial charge in [-0.2, -0.15) is 0 Å². The van der Waals surface area contributed by atoms with Crippen molar-refractivity contribution in [1.29, 1.82) is 0 Å². The summed E-state index contributed by atoms with van der Waals surface area (Å²) in [5.74, 6) is 0.599. The zero-order valence-electron chi connectivity index (χ0n) is 9.29. The third-order valence-electron chi connectivity index (χ3n) is 2.30. The second-order valence-corrected chi connectivity index (χ2v) is 3.48. The number of nitrogen functional groups attached to an aromatic ring is 1. The van der Waals surface area contributed by atoms with Crippen molar-refractivity contribution in [2.24, 2.45) is 7.05 Å². The number of nitrogens with zero attached hydrogens (tertiary/aromatic N) is 4. The molecule has 17 heavy (non-hydrogen) atoms. The zero-order chi connectivity index (χ0) is 12.3. The van der Waals surface area contributed by atoms with Crippen LogP contribution < -0.4 is 11.1 Å². The van der Waals surface area contributed by atoms with Gasteiger partial charge in [0.1, 0.15) is 12.1 Å². The van der Waals surface area contributed by atoms with Crippen molar-refractivity contribution in [3.8, 4) is 0 Å². The maximum Gasteiger partial charge on any atom is 0.255 e. The number of rotatable bonds is 3. The summed E-state index contributed by atoms with van der Waals surface area (Å²) in [6.45, 7) is 0.295. The van der Waals surface area contributed by atoms with Gasteiger partial charge in [-0.15, -0.1) is 10.2 Å². The SMILES string of the molecule is Cn1cnnc1CNC(=O)c1cccnc1N. The largest absolute Gasteiger partial charge is 0.383 e. The molecule has 0 fully saturated rings. The molecule has 0 atom stereocenters. The number of carbonyl (C=O) groups excluding carboxylic acids is 1. The molecule has 0 saturated heterocycles. The molecule has 2 aromatic rings. The molecule has 3 N–H and O–H groups in total. The minimum absolute atomic E-state index is 0.211. The lowest BCUT2D eigenvalue weighted by Crippen LogP contribution is -2.25. The standard InChI is InChI=1S/C10H12N6O/c1-16-6-14-15-8(16)5-13-10(17)7-3-2-4-12-9(7)11/h2-4,6H,5H2,1H3,(H2,11,12)(H,13,17). The Balaban J connectivity index is 2.04. The van der Waals surface area contributed by atoms with Crippen LogP contribution in [0.2, 0.25) is 0 Å². The van der Waals surface area contributed by atoms with Crippen LogP contribution in [0, 0.1) is 0 Å². The van der Waals surface area contributed by atoms with Gasteiger partial charge in [-0.3, -0.25) is 4.79 Å². The van der Waals surface area contributed by atoms with Crippen LogP contribution in [-0.4, -0.2) is 25.7 Å². The Hall–Kier alpha value is -2.44. The van der Waals surface area contributed by atoms with E-state index in [1.54, 1.807) is 30.1 Å². The number of aromatic nitrogens is 4. The lowest BCUT2D eigenvalue weighted by Gasteiger charge is -2.05. The van der Waals surface area contributed by atoms with E-state index in [9.17, 15) is 4.79 Å². The highest BCUT2D eigenvalue weighted by Crippen LogP contribution is 2.06. The van der Waals surface area contributed by atoms with E-state index in [2.05, 4.69) is 20.5 Å². The first-order chi connectivity index (χ1) is 8.18. The maximum atomic E-state index is 11.8. The van der Waals surface area contributed by atoms with Crippen molar-refractivity contribution in [2.75, 3.05) is 5.73 Å². The molecule has 0 radical (unpaired) electrons. The minimum Gasteiger partial charge on any atom is -0.383 e. The highest BCUT2D eigenvalue weighted by Gasteiger charge is 2.10. The molecule has 0 spiro atoms. The first-order valence-corrected chi connectivity index (χ1v) is 5.00. The van der Waals surface area contributed by atoms with Crippen LogP contribution in [0.25, 0.3) is 0 Å². The van der Waals surface area contributed by atoms with Gasteiger partial charge in [0.05, 0.1) is 12.1 Å². The van der Waals surface area contributed by atoms with Crippen molar-refractivity contribution in [3.63, 3.8) is 0 Å². The number of anilines is 1. The van der Waals surface area contributed by atoms with E-state index in [-0.39, 0.29) is 11.7 Å². The molecule has 0 bridgehead atoms. The number of nitrogens with two attached hydrogens (primary N) is 1. The van der Waals surface area contributed by atoms with Crippen LogP contribution in [0.4, 0.5) is 5.82 Å². The van der Waals surface area contributed by atoms with Crippen LogP contribution in [0.1, 0.15) is 16.2 Å². The van der Waals surface area contributed by atoms with Crippen LogP contribution in [0.5, 0.6) is 0 Å². The molecule has 1 amide bonds. The molecule has 0 aliphatic carbocycles. The molecule has 7 nitrogen and oxygen atoms in total. The first-order valence-electron chi connectivity index (χ1n) is 5.00. The van der Waals surface area contributed by atoms with Gasteiger partial charge in [-0.05, 0) is 12.1 Å². The summed E-state index contributed by atoms with van der Waals surface area (Å²) >= 11 is 0. The fraction of sp³-hybridized carbons (Fsp3) is 0.200. The van der Waals surface area contributed by atoms with Gasteiger partial charge >= 0.3 is 0 Å². The monoisotopic (exact) mass is 232 g/mol. The van der Waals surface area contributed by atoms with E-state index < -0.39 is 0 Å². The fourth-order valence-electron chi connectivity index (χ4n) is 1.33. The normalized spacial score (nSPS) is 10.2. The molecule has 0 aromatic carbocycles. The summed E-state index contributed by atoms with van der Waals surface area (Å²) in [7, 11) is 1.81.